The first kappa shape index (κ1) is 13.8. The molecule has 0 amide bonds. The summed E-state index contributed by atoms with van der Waals surface area (Å²) in [6.07, 6.45) is 0. The van der Waals surface area contributed by atoms with Gasteiger partial charge in [-0.15, -0.1) is 0 Å². The standard InChI is InChI=1S/C16H18ClNO/c1-16(2,3)12-6-4-5-7-14(12)19-15-9-8-11(17)10-13(15)18/h4-10H,18H2,1-3H3. The number of para-hydroxylation sites is 1. The summed E-state index contributed by atoms with van der Waals surface area (Å²) < 4.78 is 5.94. The van der Waals surface area contributed by atoms with E-state index in [0.717, 1.165) is 11.3 Å². The molecule has 0 aliphatic heterocycles. The maximum absolute atomic E-state index is 5.94. The molecule has 2 aromatic carbocycles. The van der Waals surface area contributed by atoms with Gasteiger partial charge in [0.2, 0.25) is 0 Å². The van der Waals surface area contributed by atoms with Gasteiger partial charge in [-0.25, -0.2) is 0 Å². The molecule has 19 heavy (non-hydrogen) atoms. The highest BCUT2D eigenvalue weighted by Gasteiger charge is 2.19. The molecule has 100 valence electrons. The molecule has 0 heterocycles. The molecule has 0 atom stereocenters. The van der Waals surface area contributed by atoms with Crippen molar-refractivity contribution in [2.75, 3.05) is 5.73 Å². The first-order chi connectivity index (χ1) is 8.88. The number of rotatable bonds is 2. The minimum absolute atomic E-state index is 0.0117. The van der Waals surface area contributed by atoms with Crippen molar-refractivity contribution < 1.29 is 4.74 Å². The van der Waals surface area contributed by atoms with Crippen LogP contribution in [-0.2, 0) is 5.41 Å². The van der Waals surface area contributed by atoms with Crippen molar-refractivity contribution in [1.29, 1.82) is 0 Å². The van der Waals surface area contributed by atoms with Crippen molar-refractivity contribution in [3.05, 3.63) is 53.1 Å². The summed E-state index contributed by atoms with van der Waals surface area (Å²) in [4.78, 5) is 0. The Kier molecular flexibility index (Phi) is 3.72. The number of benzene rings is 2. The first-order valence-electron chi connectivity index (χ1n) is 6.20. The molecular formula is C16H18ClNO. The van der Waals surface area contributed by atoms with Crippen molar-refractivity contribution in [1.82, 2.24) is 0 Å². The molecule has 0 aliphatic rings. The average Bonchev–Trinajstić information content (AvgIpc) is 2.32. The van der Waals surface area contributed by atoms with Crippen LogP contribution in [0.3, 0.4) is 0 Å². The first-order valence-corrected chi connectivity index (χ1v) is 6.58. The lowest BCUT2D eigenvalue weighted by atomic mass is 9.86. The number of hydrogen-bond donors (Lipinski definition) is 1. The molecule has 0 aliphatic carbocycles. The summed E-state index contributed by atoms with van der Waals surface area (Å²) in [7, 11) is 0. The zero-order valence-corrected chi connectivity index (χ0v) is 12.2. The van der Waals surface area contributed by atoms with E-state index in [4.69, 9.17) is 22.1 Å². The lowest BCUT2D eigenvalue weighted by molar-refractivity contribution is 0.457. The zero-order valence-electron chi connectivity index (χ0n) is 11.4. The van der Waals surface area contributed by atoms with Crippen LogP contribution >= 0.6 is 11.6 Å². The third-order valence-electron chi connectivity index (χ3n) is 2.89. The van der Waals surface area contributed by atoms with E-state index in [0.29, 0.717) is 16.5 Å². The lowest BCUT2D eigenvalue weighted by Gasteiger charge is -2.22. The van der Waals surface area contributed by atoms with Gasteiger partial charge in [0.05, 0.1) is 5.69 Å². The summed E-state index contributed by atoms with van der Waals surface area (Å²) in [6, 6.07) is 13.2. The maximum atomic E-state index is 5.94. The van der Waals surface area contributed by atoms with Gasteiger partial charge in [-0.05, 0) is 29.7 Å². The van der Waals surface area contributed by atoms with Crippen molar-refractivity contribution in [2.24, 2.45) is 0 Å². The van der Waals surface area contributed by atoms with Crippen molar-refractivity contribution >= 4 is 17.3 Å². The predicted octanol–water partition coefficient (Wildman–Crippen LogP) is 5.01. The Hall–Kier alpha value is -1.67. The van der Waals surface area contributed by atoms with Crippen LogP contribution in [-0.4, -0.2) is 0 Å². The molecule has 0 fully saturated rings. The Balaban J connectivity index is 2.39. The van der Waals surface area contributed by atoms with Crippen LogP contribution < -0.4 is 10.5 Å². The highest BCUT2D eigenvalue weighted by Crippen LogP contribution is 2.36. The highest BCUT2D eigenvalue weighted by atomic mass is 35.5. The Morgan fingerprint density at radius 2 is 1.68 bits per heavy atom. The van der Waals surface area contributed by atoms with Gasteiger partial charge in [-0.1, -0.05) is 50.6 Å². The van der Waals surface area contributed by atoms with Gasteiger partial charge in [0, 0.05) is 10.6 Å². The largest absolute Gasteiger partial charge is 0.455 e. The third kappa shape index (κ3) is 3.21. The molecule has 0 bridgehead atoms. The fraction of sp³-hybridized carbons (Fsp3) is 0.250. The van der Waals surface area contributed by atoms with E-state index in [-0.39, 0.29) is 5.41 Å². The van der Waals surface area contributed by atoms with Crippen LogP contribution in [0.15, 0.2) is 42.5 Å². The smallest absolute Gasteiger partial charge is 0.150 e. The van der Waals surface area contributed by atoms with E-state index in [2.05, 4.69) is 26.8 Å². The van der Waals surface area contributed by atoms with Crippen LogP contribution in [0.1, 0.15) is 26.3 Å². The van der Waals surface area contributed by atoms with E-state index >= 15 is 0 Å². The normalized spacial score (nSPS) is 11.4. The fourth-order valence-corrected chi connectivity index (χ4v) is 2.09. The molecular weight excluding hydrogens is 258 g/mol. The minimum atomic E-state index is 0.0117. The number of ether oxygens (including phenoxy) is 1. The molecule has 0 saturated carbocycles. The second-order valence-corrected chi connectivity index (χ2v) is 5.97. The van der Waals surface area contributed by atoms with E-state index in [9.17, 15) is 0 Å². The quantitative estimate of drug-likeness (QED) is 0.782. The molecule has 0 saturated heterocycles. The summed E-state index contributed by atoms with van der Waals surface area (Å²) >= 11 is 5.89. The van der Waals surface area contributed by atoms with E-state index in [1.54, 1.807) is 18.2 Å². The number of anilines is 1. The summed E-state index contributed by atoms with van der Waals surface area (Å²) in [5, 5.41) is 0.606. The molecule has 2 rings (SSSR count). The van der Waals surface area contributed by atoms with Crippen LogP contribution in [0.5, 0.6) is 11.5 Å². The molecule has 2 nitrogen and oxygen atoms in total. The van der Waals surface area contributed by atoms with E-state index in [1.165, 1.54) is 0 Å². The van der Waals surface area contributed by atoms with Crippen LogP contribution in [0.2, 0.25) is 5.02 Å². The summed E-state index contributed by atoms with van der Waals surface area (Å²) in [6.45, 7) is 6.46. The Labute approximate surface area is 119 Å². The Bertz CT molecular complexity index is 588. The van der Waals surface area contributed by atoms with Crippen LogP contribution in [0.4, 0.5) is 5.69 Å². The average molecular weight is 276 g/mol. The molecule has 3 heteroatoms. The predicted molar refractivity (Wildman–Crippen MR) is 81.1 cm³/mol. The maximum Gasteiger partial charge on any atom is 0.150 e. The molecule has 0 spiro atoms. The van der Waals surface area contributed by atoms with Crippen molar-refractivity contribution in [3.8, 4) is 11.5 Å². The molecule has 2 aromatic rings. The van der Waals surface area contributed by atoms with Gasteiger partial charge in [-0.2, -0.15) is 0 Å². The second-order valence-electron chi connectivity index (χ2n) is 5.53. The summed E-state index contributed by atoms with van der Waals surface area (Å²) in [5.74, 6) is 1.45. The van der Waals surface area contributed by atoms with E-state index < -0.39 is 0 Å². The van der Waals surface area contributed by atoms with Crippen LogP contribution in [0, 0.1) is 0 Å². The number of hydrogen-bond acceptors (Lipinski definition) is 2. The van der Waals surface area contributed by atoms with Crippen molar-refractivity contribution in [3.63, 3.8) is 0 Å². The third-order valence-corrected chi connectivity index (χ3v) is 3.12. The second kappa shape index (κ2) is 5.14. The number of nitrogen functional groups attached to an aromatic ring is 1. The minimum Gasteiger partial charge on any atom is -0.455 e. The number of halogens is 1. The summed E-state index contributed by atoms with van der Waals surface area (Å²) in [5.41, 5.74) is 7.61. The molecule has 0 radical (unpaired) electrons. The fourth-order valence-electron chi connectivity index (χ4n) is 1.91. The Morgan fingerprint density at radius 1 is 1.00 bits per heavy atom. The van der Waals surface area contributed by atoms with Gasteiger partial charge in [0.25, 0.3) is 0 Å². The molecule has 0 unspecified atom stereocenters. The molecule has 0 aromatic heterocycles. The number of nitrogens with two attached hydrogens (primary N) is 1. The van der Waals surface area contributed by atoms with E-state index in [1.807, 2.05) is 18.2 Å². The topological polar surface area (TPSA) is 35.2 Å². The van der Waals surface area contributed by atoms with Gasteiger partial charge in [0.1, 0.15) is 11.5 Å². The van der Waals surface area contributed by atoms with Gasteiger partial charge in [-0.3, -0.25) is 0 Å². The van der Waals surface area contributed by atoms with Gasteiger partial charge >= 0.3 is 0 Å². The van der Waals surface area contributed by atoms with Crippen LogP contribution in [0.25, 0.3) is 0 Å². The lowest BCUT2D eigenvalue weighted by Crippen LogP contribution is -2.12. The van der Waals surface area contributed by atoms with Gasteiger partial charge < -0.3 is 10.5 Å². The Morgan fingerprint density at radius 3 is 2.32 bits per heavy atom. The monoisotopic (exact) mass is 275 g/mol. The van der Waals surface area contributed by atoms with Gasteiger partial charge in [0.15, 0.2) is 0 Å². The SMILES string of the molecule is CC(C)(C)c1ccccc1Oc1ccc(Cl)cc1N. The zero-order chi connectivity index (χ0) is 14.0. The highest BCUT2D eigenvalue weighted by molar-refractivity contribution is 6.30. The molecule has 2 N–H and O–H groups in total. The van der Waals surface area contributed by atoms with Crippen molar-refractivity contribution in [2.45, 2.75) is 26.2 Å².